The smallest absolute Gasteiger partial charge is 0.118 e. The second-order valence-corrected chi connectivity index (χ2v) is 4.70. The van der Waals surface area contributed by atoms with Crippen LogP contribution in [-0.4, -0.2) is 13.2 Å². The van der Waals surface area contributed by atoms with Crippen LogP contribution in [-0.2, 0) is 0 Å². The quantitative estimate of drug-likeness (QED) is 0.773. The van der Waals surface area contributed by atoms with Gasteiger partial charge in [-0.25, -0.2) is 0 Å². The molecule has 0 radical (unpaired) electrons. The zero-order valence-electron chi connectivity index (χ0n) is 11.5. The minimum Gasteiger partial charge on any atom is -0.497 e. The maximum Gasteiger partial charge on any atom is 0.118 e. The number of hydrogen-bond donors (Lipinski definition) is 1. The van der Waals surface area contributed by atoms with E-state index in [1.54, 1.807) is 7.11 Å². The fourth-order valence-corrected chi connectivity index (χ4v) is 2.01. The van der Waals surface area contributed by atoms with Gasteiger partial charge >= 0.3 is 0 Å². The number of rotatable bonds is 7. The highest BCUT2D eigenvalue weighted by Gasteiger charge is 2.08. The number of ether oxygens (including phenoxy) is 1. The Morgan fingerprint density at radius 2 is 1.82 bits per heavy atom. The molecule has 1 rings (SSSR count). The van der Waals surface area contributed by atoms with E-state index in [9.17, 15) is 0 Å². The van der Waals surface area contributed by atoms with E-state index in [1.165, 1.54) is 24.8 Å². The summed E-state index contributed by atoms with van der Waals surface area (Å²) in [5.74, 6) is 0.917. The summed E-state index contributed by atoms with van der Waals surface area (Å²) in [7, 11) is 1.70. The maximum absolute atomic E-state index is 5.16. The summed E-state index contributed by atoms with van der Waals surface area (Å²) in [6.45, 7) is 6.71. The van der Waals surface area contributed by atoms with Gasteiger partial charge in [-0.05, 0) is 38.0 Å². The third kappa shape index (κ3) is 4.78. The molecule has 0 spiro atoms. The Morgan fingerprint density at radius 1 is 1.18 bits per heavy atom. The molecule has 0 aliphatic carbocycles. The van der Waals surface area contributed by atoms with Gasteiger partial charge in [0, 0.05) is 12.1 Å². The molecule has 1 aromatic carbocycles. The molecule has 2 atom stereocenters. The molecule has 0 aliphatic rings. The highest BCUT2D eigenvalue weighted by atomic mass is 16.5. The van der Waals surface area contributed by atoms with Gasteiger partial charge in [0.05, 0.1) is 7.11 Å². The largest absolute Gasteiger partial charge is 0.497 e. The van der Waals surface area contributed by atoms with Crippen molar-refractivity contribution in [3.8, 4) is 5.75 Å². The summed E-state index contributed by atoms with van der Waals surface area (Å²) in [6, 6.07) is 9.26. The fraction of sp³-hybridized carbons (Fsp3) is 0.600. The first-order valence-electron chi connectivity index (χ1n) is 6.57. The zero-order chi connectivity index (χ0) is 12.7. The predicted octanol–water partition coefficient (Wildman–Crippen LogP) is 3.92. The topological polar surface area (TPSA) is 21.3 Å². The molecular formula is C15H25NO. The van der Waals surface area contributed by atoms with Crippen molar-refractivity contribution < 1.29 is 4.74 Å². The van der Waals surface area contributed by atoms with Gasteiger partial charge in [0.2, 0.25) is 0 Å². The zero-order valence-corrected chi connectivity index (χ0v) is 11.5. The van der Waals surface area contributed by atoms with E-state index >= 15 is 0 Å². The highest BCUT2D eigenvalue weighted by Crippen LogP contribution is 2.18. The standard InChI is InChI=1S/C15H25NO/c1-5-6-7-12(2)16-13(3)14-8-10-15(17-4)11-9-14/h8-13,16H,5-7H2,1-4H3/t12?,13-/m0/s1. The molecule has 17 heavy (non-hydrogen) atoms. The van der Waals surface area contributed by atoms with Crippen LogP contribution in [0.25, 0.3) is 0 Å². The molecule has 0 bridgehead atoms. The molecule has 96 valence electrons. The van der Waals surface area contributed by atoms with Crippen LogP contribution in [0, 0.1) is 0 Å². The molecule has 0 fully saturated rings. The molecule has 0 saturated heterocycles. The molecule has 0 aliphatic heterocycles. The monoisotopic (exact) mass is 235 g/mol. The van der Waals surface area contributed by atoms with Crippen molar-refractivity contribution in [1.29, 1.82) is 0 Å². The van der Waals surface area contributed by atoms with Crippen LogP contribution in [0.2, 0.25) is 0 Å². The Bertz CT molecular complexity index is 307. The number of nitrogens with one attached hydrogen (secondary N) is 1. The van der Waals surface area contributed by atoms with Gasteiger partial charge in [-0.3, -0.25) is 0 Å². The molecule has 1 N–H and O–H groups in total. The lowest BCUT2D eigenvalue weighted by atomic mass is 10.1. The summed E-state index contributed by atoms with van der Waals surface area (Å²) < 4.78 is 5.16. The molecule has 1 unspecified atom stereocenters. The van der Waals surface area contributed by atoms with E-state index in [0.29, 0.717) is 12.1 Å². The second kappa shape index (κ2) is 7.33. The summed E-state index contributed by atoms with van der Waals surface area (Å²) in [5, 5.41) is 3.63. The fourth-order valence-electron chi connectivity index (χ4n) is 2.01. The maximum atomic E-state index is 5.16. The van der Waals surface area contributed by atoms with Gasteiger partial charge in [-0.1, -0.05) is 31.9 Å². The molecule has 2 heteroatoms. The Kier molecular flexibility index (Phi) is 6.06. The number of methoxy groups -OCH3 is 1. The van der Waals surface area contributed by atoms with Crippen LogP contribution in [0.1, 0.15) is 51.6 Å². The van der Waals surface area contributed by atoms with Gasteiger partial charge in [-0.2, -0.15) is 0 Å². The van der Waals surface area contributed by atoms with Crippen LogP contribution in [0.4, 0.5) is 0 Å². The van der Waals surface area contributed by atoms with Crippen molar-refractivity contribution in [3.05, 3.63) is 29.8 Å². The van der Waals surface area contributed by atoms with Gasteiger partial charge in [-0.15, -0.1) is 0 Å². The molecule has 0 heterocycles. The molecule has 0 aromatic heterocycles. The van der Waals surface area contributed by atoms with Crippen LogP contribution >= 0.6 is 0 Å². The number of hydrogen-bond acceptors (Lipinski definition) is 2. The average molecular weight is 235 g/mol. The van der Waals surface area contributed by atoms with Crippen LogP contribution < -0.4 is 10.1 Å². The minimum absolute atomic E-state index is 0.396. The molecule has 0 amide bonds. The first-order chi connectivity index (χ1) is 8.17. The summed E-state index contributed by atoms with van der Waals surface area (Å²) in [6.07, 6.45) is 3.81. The third-order valence-electron chi connectivity index (χ3n) is 3.14. The average Bonchev–Trinajstić information content (AvgIpc) is 2.36. The van der Waals surface area contributed by atoms with E-state index < -0.39 is 0 Å². The predicted molar refractivity (Wildman–Crippen MR) is 73.5 cm³/mol. The van der Waals surface area contributed by atoms with Crippen molar-refractivity contribution in [3.63, 3.8) is 0 Å². The lowest BCUT2D eigenvalue weighted by Crippen LogP contribution is -2.28. The van der Waals surface area contributed by atoms with Gasteiger partial charge < -0.3 is 10.1 Å². The Hall–Kier alpha value is -1.02. The van der Waals surface area contributed by atoms with E-state index in [1.807, 2.05) is 12.1 Å². The lowest BCUT2D eigenvalue weighted by Gasteiger charge is -2.20. The van der Waals surface area contributed by atoms with E-state index in [2.05, 4.69) is 38.2 Å². The second-order valence-electron chi connectivity index (χ2n) is 4.70. The summed E-state index contributed by atoms with van der Waals surface area (Å²) in [4.78, 5) is 0. The van der Waals surface area contributed by atoms with Crippen LogP contribution in [0.5, 0.6) is 5.75 Å². The van der Waals surface area contributed by atoms with Gasteiger partial charge in [0.1, 0.15) is 5.75 Å². The van der Waals surface area contributed by atoms with Gasteiger partial charge in [0.25, 0.3) is 0 Å². The van der Waals surface area contributed by atoms with E-state index in [-0.39, 0.29) is 0 Å². The van der Waals surface area contributed by atoms with Crippen molar-refractivity contribution in [1.82, 2.24) is 5.32 Å². The van der Waals surface area contributed by atoms with Gasteiger partial charge in [0.15, 0.2) is 0 Å². The normalized spacial score (nSPS) is 14.4. The summed E-state index contributed by atoms with van der Waals surface area (Å²) in [5.41, 5.74) is 1.31. The van der Waals surface area contributed by atoms with Crippen molar-refractivity contribution in [2.45, 2.75) is 52.1 Å². The Labute approximate surface area is 105 Å². The van der Waals surface area contributed by atoms with Crippen molar-refractivity contribution >= 4 is 0 Å². The Balaban J connectivity index is 2.47. The number of unbranched alkanes of at least 4 members (excludes halogenated alkanes) is 1. The SMILES string of the molecule is CCCCC(C)N[C@@H](C)c1ccc(OC)cc1. The van der Waals surface area contributed by atoms with Crippen LogP contribution in [0.15, 0.2) is 24.3 Å². The molecule has 1 aromatic rings. The highest BCUT2D eigenvalue weighted by molar-refractivity contribution is 5.28. The van der Waals surface area contributed by atoms with E-state index in [4.69, 9.17) is 4.74 Å². The molecular weight excluding hydrogens is 210 g/mol. The molecule has 0 saturated carbocycles. The third-order valence-corrected chi connectivity index (χ3v) is 3.14. The van der Waals surface area contributed by atoms with Crippen molar-refractivity contribution in [2.24, 2.45) is 0 Å². The van der Waals surface area contributed by atoms with E-state index in [0.717, 1.165) is 5.75 Å². The summed E-state index contributed by atoms with van der Waals surface area (Å²) >= 11 is 0. The molecule has 2 nitrogen and oxygen atoms in total. The first kappa shape index (κ1) is 14.0. The van der Waals surface area contributed by atoms with Crippen LogP contribution in [0.3, 0.4) is 0 Å². The minimum atomic E-state index is 0.396. The first-order valence-corrected chi connectivity index (χ1v) is 6.57. The number of benzene rings is 1. The van der Waals surface area contributed by atoms with Crippen molar-refractivity contribution in [2.75, 3.05) is 7.11 Å². The Morgan fingerprint density at radius 3 is 2.35 bits per heavy atom. The lowest BCUT2D eigenvalue weighted by molar-refractivity contribution is 0.413.